The molecule has 17 N–H and O–H groups in total. The summed E-state index contributed by atoms with van der Waals surface area (Å²) in [5, 5.41) is 173. The Kier molecular flexibility index (Phi) is 17.6. The van der Waals surface area contributed by atoms with E-state index < -0.39 is 180 Å². The zero-order valence-corrected chi connectivity index (χ0v) is 29.2. The zero-order chi connectivity index (χ0) is 41.8. The summed E-state index contributed by atoms with van der Waals surface area (Å²) in [6, 6.07) is 0. The van der Waals surface area contributed by atoms with Crippen molar-refractivity contribution in [2.75, 3.05) is 33.0 Å². The number of aldehydes is 1. The smallest absolute Gasteiger partial charge is 0.186 e. The van der Waals surface area contributed by atoms with Crippen molar-refractivity contribution < 1.29 is 130 Å². The molecule has 24 atom stereocenters. The molecule has 0 saturated carbocycles. The summed E-state index contributed by atoms with van der Waals surface area (Å²) >= 11 is 0. The van der Waals surface area contributed by atoms with Crippen LogP contribution in [0.4, 0.5) is 0 Å². The second-order valence-corrected chi connectivity index (χ2v) is 13.7. The molecule has 0 amide bonds. The normalized spacial score (nSPS) is 47.2. The maximum absolute atomic E-state index is 10.6. The molecule has 4 saturated heterocycles. The molecule has 0 radical (unpaired) electrons. The lowest BCUT2D eigenvalue weighted by molar-refractivity contribution is -0.348. The van der Waals surface area contributed by atoms with Crippen LogP contribution in [0.1, 0.15) is 0 Å². The van der Waals surface area contributed by atoms with Crippen molar-refractivity contribution in [3.63, 3.8) is 0 Å². The highest BCUT2D eigenvalue weighted by Crippen LogP contribution is 2.29. The molecule has 328 valence electrons. The largest absolute Gasteiger partial charge is 0.394 e. The number of aliphatic hydroxyl groups excluding tert-OH is 17. The number of rotatable bonds is 17. The summed E-state index contributed by atoms with van der Waals surface area (Å²) in [6.45, 7) is -3.88. The topological polar surface area (TPSA) is 435 Å². The van der Waals surface area contributed by atoms with Crippen LogP contribution in [0.2, 0.25) is 0 Å². The van der Waals surface area contributed by atoms with E-state index in [4.69, 9.17) is 37.9 Å². The van der Waals surface area contributed by atoms with E-state index in [1.807, 2.05) is 0 Å². The summed E-state index contributed by atoms with van der Waals surface area (Å²) in [6.07, 6.45) is -44.1. The van der Waals surface area contributed by atoms with Crippen LogP contribution in [-0.4, -0.2) is 273 Å². The Hall–Kier alpha value is -1.33. The molecule has 4 aliphatic rings. The molecular weight excluding hydrogens is 776 g/mol. The Morgan fingerprint density at radius 2 is 0.732 bits per heavy atom. The summed E-state index contributed by atoms with van der Waals surface area (Å²) in [5.41, 5.74) is 0. The molecule has 4 heterocycles. The third-order valence-electron chi connectivity index (χ3n) is 9.79. The molecule has 24 unspecified atom stereocenters. The first kappa shape index (κ1) is 47.3. The van der Waals surface area contributed by atoms with Crippen LogP contribution in [0.25, 0.3) is 0 Å². The number of carbonyl (C=O) groups is 1. The van der Waals surface area contributed by atoms with Crippen LogP contribution in [0, 0.1) is 0 Å². The third-order valence-corrected chi connectivity index (χ3v) is 9.79. The van der Waals surface area contributed by atoms with E-state index in [-0.39, 0.29) is 6.29 Å². The van der Waals surface area contributed by atoms with Crippen LogP contribution < -0.4 is 0 Å². The molecule has 4 fully saturated rings. The minimum absolute atomic E-state index is 0.0979. The van der Waals surface area contributed by atoms with Gasteiger partial charge in [-0.05, 0) is 0 Å². The Balaban J connectivity index is 1.32. The van der Waals surface area contributed by atoms with E-state index >= 15 is 0 Å². The molecule has 56 heavy (non-hydrogen) atoms. The average molecular weight is 829 g/mol. The molecule has 4 rings (SSSR count). The van der Waals surface area contributed by atoms with Gasteiger partial charge in [0.15, 0.2) is 31.4 Å². The van der Waals surface area contributed by atoms with Gasteiger partial charge in [-0.2, -0.15) is 0 Å². The standard InChI is InChI=1S/C30H52O26/c31-1-7(33)13(35)14(36)8(34)3-49-27-24(46)20(42)16(38)10(54-27)5-51-29-26(48)22(44)18(40)12(56-29)6-52-30-25(47)21(43)17(39)11(55-30)4-50-28-23(45)19(41)15(37)9(2-32)53-28/h1,7-30,32-48H,2-6H2. The number of hydrogen-bond acceptors (Lipinski definition) is 26. The molecule has 0 aliphatic carbocycles. The first-order valence-corrected chi connectivity index (χ1v) is 17.4. The van der Waals surface area contributed by atoms with Crippen LogP contribution in [0.5, 0.6) is 0 Å². The van der Waals surface area contributed by atoms with E-state index in [1.54, 1.807) is 0 Å². The Morgan fingerprint density at radius 3 is 1.05 bits per heavy atom. The number of ether oxygens (including phenoxy) is 8. The van der Waals surface area contributed by atoms with Crippen LogP contribution in [-0.2, 0) is 42.7 Å². The van der Waals surface area contributed by atoms with Crippen LogP contribution in [0.15, 0.2) is 0 Å². The first-order chi connectivity index (χ1) is 26.3. The van der Waals surface area contributed by atoms with Gasteiger partial charge < -0.3 is 130 Å². The van der Waals surface area contributed by atoms with E-state index in [9.17, 15) is 91.6 Å². The van der Waals surface area contributed by atoms with E-state index in [0.717, 1.165) is 0 Å². The van der Waals surface area contributed by atoms with Gasteiger partial charge in [-0.1, -0.05) is 0 Å². The van der Waals surface area contributed by atoms with Crippen molar-refractivity contribution in [3.05, 3.63) is 0 Å². The molecule has 26 heteroatoms. The predicted octanol–water partition coefficient (Wildman–Crippen LogP) is -12.1. The minimum Gasteiger partial charge on any atom is -0.394 e. The highest BCUT2D eigenvalue weighted by Gasteiger charge is 2.51. The van der Waals surface area contributed by atoms with Crippen molar-refractivity contribution in [1.82, 2.24) is 0 Å². The van der Waals surface area contributed by atoms with Gasteiger partial charge in [0.05, 0.1) is 33.0 Å². The molecule has 4 aliphatic heterocycles. The highest BCUT2D eigenvalue weighted by molar-refractivity contribution is 5.56. The summed E-state index contributed by atoms with van der Waals surface area (Å²) in [5.74, 6) is 0. The van der Waals surface area contributed by atoms with Gasteiger partial charge >= 0.3 is 0 Å². The van der Waals surface area contributed by atoms with Gasteiger partial charge in [-0.25, -0.2) is 0 Å². The SMILES string of the molecule is O=CC(O)C(O)C(O)C(O)COC1OC(COC2OC(COC3OC(COC4OC(CO)C(O)C(O)C4O)C(O)C(O)C3O)C(O)C(O)C2O)C(O)C(O)C1O. The van der Waals surface area contributed by atoms with Gasteiger partial charge in [-0.15, -0.1) is 0 Å². The Labute approximate surface area is 316 Å². The van der Waals surface area contributed by atoms with E-state index in [2.05, 4.69) is 0 Å². The number of carbonyl (C=O) groups excluding carboxylic acids is 1. The highest BCUT2D eigenvalue weighted by atomic mass is 16.8. The fourth-order valence-electron chi connectivity index (χ4n) is 6.15. The lowest BCUT2D eigenvalue weighted by Crippen LogP contribution is -2.63. The molecule has 0 aromatic heterocycles. The zero-order valence-electron chi connectivity index (χ0n) is 29.2. The lowest BCUT2D eigenvalue weighted by atomic mass is 9.98. The second-order valence-electron chi connectivity index (χ2n) is 13.7. The first-order valence-electron chi connectivity index (χ1n) is 17.4. The van der Waals surface area contributed by atoms with E-state index in [1.165, 1.54) is 0 Å². The van der Waals surface area contributed by atoms with Crippen molar-refractivity contribution in [1.29, 1.82) is 0 Å². The molecular formula is C30H52O26. The second kappa shape index (κ2) is 20.8. The molecule has 0 bridgehead atoms. The summed E-state index contributed by atoms with van der Waals surface area (Å²) < 4.78 is 43.1. The summed E-state index contributed by atoms with van der Waals surface area (Å²) in [7, 11) is 0. The van der Waals surface area contributed by atoms with E-state index in [0.29, 0.717) is 0 Å². The summed E-state index contributed by atoms with van der Waals surface area (Å²) in [4.78, 5) is 10.6. The fraction of sp³-hybridized carbons (Fsp3) is 0.967. The van der Waals surface area contributed by atoms with Gasteiger partial charge in [0.2, 0.25) is 0 Å². The van der Waals surface area contributed by atoms with Crippen molar-refractivity contribution in [2.45, 2.75) is 147 Å². The van der Waals surface area contributed by atoms with Gasteiger partial charge in [0.25, 0.3) is 0 Å². The van der Waals surface area contributed by atoms with Crippen molar-refractivity contribution in [2.24, 2.45) is 0 Å². The fourth-order valence-corrected chi connectivity index (χ4v) is 6.15. The molecule has 0 aromatic carbocycles. The monoisotopic (exact) mass is 828 g/mol. The van der Waals surface area contributed by atoms with Crippen molar-refractivity contribution >= 4 is 6.29 Å². The lowest BCUT2D eigenvalue weighted by Gasteiger charge is -2.44. The average Bonchev–Trinajstić information content (AvgIpc) is 3.19. The maximum Gasteiger partial charge on any atom is 0.186 e. The molecule has 0 spiro atoms. The number of hydrogen-bond donors (Lipinski definition) is 17. The van der Waals surface area contributed by atoms with Gasteiger partial charge in [0.1, 0.15) is 122 Å². The Morgan fingerprint density at radius 1 is 0.429 bits per heavy atom. The van der Waals surface area contributed by atoms with Crippen LogP contribution in [0.3, 0.4) is 0 Å². The number of aliphatic hydroxyl groups is 17. The maximum atomic E-state index is 10.6. The van der Waals surface area contributed by atoms with Gasteiger partial charge in [0, 0.05) is 0 Å². The predicted molar refractivity (Wildman–Crippen MR) is 168 cm³/mol. The molecule has 26 nitrogen and oxygen atoms in total. The third kappa shape index (κ3) is 10.7. The van der Waals surface area contributed by atoms with Crippen molar-refractivity contribution in [3.8, 4) is 0 Å². The molecule has 0 aromatic rings. The minimum atomic E-state index is -2.12. The van der Waals surface area contributed by atoms with Crippen LogP contribution >= 0.6 is 0 Å². The van der Waals surface area contributed by atoms with Gasteiger partial charge in [-0.3, -0.25) is 0 Å². The quantitative estimate of drug-likeness (QED) is 0.0605. The Bertz CT molecular complexity index is 1190.